The van der Waals surface area contributed by atoms with E-state index in [1.165, 1.54) is 10.5 Å². The third-order valence-electron chi connectivity index (χ3n) is 1.76. The highest BCUT2D eigenvalue weighted by Crippen LogP contribution is 2.24. The molecule has 13 heavy (non-hydrogen) atoms. The number of rotatable bonds is 4. The zero-order valence-electron chi connectivity index (χ0n) is 7.79. The Morgan fingerprint density at radius 3 is 2.85 bits per heavy atom. The van der Waals surface area contributed by atoms with Crippen molar-refractivity contribution in [1.82, 2.24) is 0 Å². The Labute approximate surface area is 83.1 Å². The normalized spacial score (nSPS) is 10.3. The number of nitrogens with two attached hydrogens (primary N) is 1. The fourth-order valence-electron chi connectivity index (χ4n) is 1.08. The minimum Gasteiger partial charge on any atom is -0.399 e. The molecule has 0 bridgehead atoms. The summed E-state index contributed by atoms with van der Waals surface area (Å²) >= 11 is 1.76. The van der Waals surface area contributed by atoms with Gasteiger partial charge in [-0.2, -0.15) is 0 Å². The van der Waals surface area contributed by atoms with Crippen molar-refractivity contribution < 1.29 is 5.11 Å². The van der Waals surface area contributed by atoms with Crippen molar-refractivity contribution in [1.29, 1.82) is 0 Å². The second kappa shape index (κ2) is 5.14. The van der Waals surface area contributed by atoms with Gasteiger partial charge in [-0.1, -0.05) is 0 Å². The summed E-state index contributed by atoms with van der Waals surface area (Å²) in [6, 6.07) is 5.92. The lowest BCUT2D eigenvalue weighted by molar-refractivity contribution is 0.296. The first-order valence-electron chi connectivity index (χ1n) is 4.34. The monoisotopic (exact) mass is 197 g/mol. The Morgan fingerprint density at radius 2 is 2.23 bits per heavy atom. The SMILES string of the molecule is Cc1cc(N)ccc1SCCCO. The Kier molecular flexibility index (Phi) is 4.12. The third kappa shape index (κ3) is 3.28. The van der Waals surface area contributed by atoms with Crippen LogP contribution in [0, 0.1) is 6.92 Å². The van der Waals surface area contributed by atoms with Gasteiger partial charge in [-0.3, -0.25) is 0 Å². The van der Waals surface area contributed by atoms with Crippen molar-refractivity contribution in [2.45, 2.75) is 18.2 Å². The molecule has 1 aromatic rings. The Hall–Kier alpha value is -0.670. The molecule has 0 saturated heterocycles. The fourth-order valence-corrected chi connectivity index (χ4v) is 2.03. The summed E-state index contributed by atoms with van der Waals surface area (Å²) in [7, 11) is 0. The molecule has 0 aromatic heterocycles. The number of nitrogen functional groups attached to an aromatic ring is 1. The van der Waals surface area contributed by atoms with E-state index in [2.05, 4.69) is 6.92 Å². The molecular formula is C10H15NOS. The lowest BCUT2D eigenvalue weighted by Gasteiger charge is -2.05. The molecule has 0 radical (unpaired) electrons. The summed E-state index contributed by atoms with van der Waals surface area (Å²) < 4.78 is 0. The Bertz CT molecular complexity index is 276. The first-order chi connectivity index (χ1) is 6.24. The van der Waals surface area contributed by atoms with Gasteiger partial charge in [0, 0.05) is 22.9 Å². The van der Waals surface area contributed by atoms with Crippen molar-refractivity contribution in [2.24, 2.45) is 0 Å². The number of hydrogen-bond acceptors (Lipinski definition) is 3. The minimum atomic E-state index is 0.265. The van der Waals surface area contributed by atoms with E-state index in [0.29, 0.717) is 0 Å². The van der Waals surface area contributed by atoms with Crippen LogP contribution in [0.25, 0.3) is 0 Å². The van der Waals surface area contributed by atoms with Gasteiger partial charge in [-0.05, 0) is 37.1 Å². The largest absolute Gasteiger partial charge is 0.399 e. The summed E-state index contributed by atoms with van der Waals surface area (Å²) in [6.45, 7) is 2.32. The van der Waals surface area contributed by atoms with Gasteiger partial charge in [0.25, 0.3) is 0 Å². The molecule has 0 aliphatic rings. The van der Waals surface area contributed by atoms with Crippen molar-refractivity contribution in [3.05, 3.63) is 23.8 Å². The number of aryl methyl sites for hydroxylation is 1. The van der Waals surface area contributed by atoms with Crippen LogP contribution in [-0.4, -0.2) is 17.5 Å². The first-order valence-corrected chi connectivity index (χ1v) is 5.32. The minimum absolute atomic E-state index is 0.265. The summed E-state index contributed by atoms with van der Waals surface area (Å²) in [5.41, 5.74) is 7.65. The molecular weight excluding hydrogens is 182 g/mol. The van der Waals surface area contributed by atoms with E-state index in [-0.39, 0.29) is 6.61 Å². The quantitative estimate of drug-likeness (QED) is 0.441. The standard InChI is InChI=1S/C10H15NOS/c1-8-7-9(11)3-4-10(8)13-6-2-5-12/h3-4,7,12H,2,5-6,11H2,1H3. The highest BCUT2D eigenvalue weighted by Gasteiger charge is 1.98. The molecule has 0 spiro atoms. The van der Waals surface area contributed by atoms with E-state index in [9.17, 15) is 0 Å². The Balaban J connectivity index is 2.56. The topological polar surface area (TPSA) is 46.2 Å². The summed E-state index contributed by atoms with van der Waals surface area (Å²) in [5, 5.41) is 8.62. The summed E-state index contributed by atoms with van der Waals surface area (Å²) in [4.78, 5) is 1.25. The van der Waals surface area contributed by atoms with Gasteiger partial charge < -0.3 is 10.8 Å². The first kappa shape index (κ1) is 10.4. The predicted octanol–water partition coefficient (Wildman–Crippen LogP) is 2.05. The molecule has 3 heteroatoms. The Morgan fingerprint density at radius 1 is 1.46 bits per heavy atom. The number of hydrogen-bond donors (Lipinski definition) is 2. The lowest BCUT2D eigenvalue weighted by atomic mass is 10.2. The molecule has 0 aliphatic heterocycles. The molecule has 3 N–H and O–H groups in total. The van der Waals surface area contributed by atoms with Crippen LogP contribution in [0.4, 0.5) is 5.69 Å². The molecule has 0 heterocycles. The zero-order valence-corrected chi connectivity index (χ0v) is 8.60. The molecule has 1 aromatic carbocycles. The van der Waals surface area contributed by atoms with Gasteiger partial charge in [-0.25, -0.2) is 0 Å². The van der Waals surface area contributed by atoms with Crippen LogP contribution < -0.4 is 5.73 Å². The van der Waals surface area contributed by atoms with E-state index in [0.717, 1.165) is 17.9 Å². The predicted molar refractivity (Wildman–Crippen MR) is 58.0 cm³/mol. The van der Waals surface area contributed by atoms with Crippen molar-refractivity contribution >= 4 is 17.4 Å². The second-order valence-corrected chi connectivity index (χ2v) is 4.09. The van der Waals surface area contributed by atoms with Crippen LogP contribution in [0.2, 0.25) is 0 Å². The molecule has 2 nitrogen and oxygen atoms in total. The van der Waals surface area contributed by atoms with E-state index < -0.39 is 0 Å². The molecule has 1 rings (SSSR count). The molecule has 0 atom stereocenters. The van der Waals surface area contributed by atoms with E-state index >= 15 is 0 Å². The smallest absolute Gasteiger partial charge is 0.0439 e. The average molecular weight is 197 g/mol. The van der Waals surface area contributed by atoms with Crippen molar-refractivity contribution in [3.8, 4) is 0 Å². The molecule has 0 unspecified atom stereocenters. The number of aliphatic hydroxyl groups excluding tert-OH is 1. The maximum Gasteiger partial charge on any atom is 0.0439 e. The highest BCUT2D eigenvalue weighted by atomic mass is 32.2. The maximum absolute atomic E-state index is 8.62. The summed E-state index contributed by atoms with van der Waals surface area (Å²) in [5.74, 6) is 0.960. The van der Waals surface area contributed by atoms with Gasteiger partial charge in [0.15, 0.2) is 0 Å². The number of anilines is 1. The molecule has 0 amide bonds. The summed E-state index contributed by atoms with van der Waals surface area (Å²) in [6.07, 6.45) is 0.842. The van der Waals surface area contributed by atoms with Crippen LogP contribution in [-0.2, 0) is 0 Å². The lowest BCUT2D eigenvalue weighted by Crippen LogP contribution is -1.89. The maximum atomic E-state index is 8.62. The van der Waals surface area contributed by atoms with Crippen LogP contribution in [0.3, 0.4) is 0 Å². The highest BCUT2D eigenvalue weighted by molar-refractivity contribution is 7.99. The molecule has 0 aliphatic carbocycles. The van der Waals surface area contributed by atoms with Crippen LogP contribution in [0.15, 0.2) is 23.1 Å². The number of aliphatic hydroxyl groups is 1. The van der Waals surface area contributed by atoms with Gasteiger partial charge in [0.05, 0.1) is 0 Å². The van der Waals surface area contributed by atoms with Crippen molar-refractivity contribution in [2.75, 3.05) is 18.1 Å². The molecule has 0 saturated carbocycles. The number of thioether (sulfide) groups is 1. The fraction of sp³-hybridized carbons (Fsp3) is 0.400. The average Bonchev–Trinajstić information content (AvgIpc) is 2.09. The van der Waals surface area contributed by atoms with E-state index in [1.54, 1.807) is 11.8 Å². The number of benzene rings is 1. The van der Waals surface area contributed by atoms with E-state index in [4.69, 9.17) is 10.8 Å². The van der Waals surface area contributed by atoms with Gasteiger partial charge >= 0.3 is 0 Å². The van der Waals surface area contributed by atoms with Crippen molar-refractivity contribution in [3.63, 3.8) is 0 Å². The third-order valence-corrected chi connectivity index (χ3v) is 3.02. The van der Waals surface area contributed by atoms with Gasteiger partial charge in [0.1, 0.15) is 0 Å². The van der Waals surface area contributed by atoms with Crippen LogP contribution in [0.5, 0.6) is 0 Å². The molecule has 72 valence electrons. The van der Waals surface area contributed by atoms with Gasteiger partial charge in [0.2, 0.25) is 0 Å². The van der Waals surface area contributed by atoms with E-state index in [1.807, 2.05) is 18.2 Å². The molecule has 0 fully saturated rings. The van der Waals surface area contributed by atoms with Crippen LogP contribution in [0.1, 0.15) is 12.0 Å². The van der Waals surface area contributed by atoms with Gasteiger partial charge in [-0.15, -0.1) is 11.8 Å². The zero-order chi connectivity index (χ0) is 9.68. The van der Waals surface area contributed by atoms with Crippen LogP contribution >= 0.6 is 11.8 Å². The second-order valence-electron chi connectivity index (χ2n) is 2.95.